The zero-order valence-corrected chi connectivity index (χ0v) is 21.5. The van der Waals surface area contributed by atoms with Gasteiger partial charge in [0.25, 0.3) is 0 Å². The van der Waals surface area contributed by atoms with E-state index in [4.69, 9.17) is 14.7 Å². The van der Waals surface area contributed by atoms with E-state index in [1.54, 1.807) is 37.6 Å². The lowest BCUT2D eigenvalue weighted by molar-refractivity contribution is 0.382. The quantitative estimate of drug-likeness (QED) is 0.392. The SMILES string of the molecule is COc1ccc(S(=O)(=O)N2CCN(c3nc(Nc4ccc(C)cc4)cc(-c4ccccn4)n3)CC2)cc1. The van der Waals surface area contributed by atoms with Gasteiger partial charge in [-0.1, -0.05) is 23.8 Å². The minimum absolute atomic E-state index is 0.250. The van der Waals surface area contributed by atoms with Crippen molar-refractivity contribution in [1.29, 1.82) is 0 Å². The lowest BCUT2D eigenvalue weighted by Gasteiger charge is -2.34. The van der Waals surface area contributed by atoms with Crippen LogP contribution in [0.5, 0.6) is 5.75 Å². The van der Waals surface area contributed by atoms with Crippen LogP contribution in [0.25, 0.3) is 11.4 Å². The molecule has 1 saturated heterocycles. The van der Waals surface area contributed by atoms with Crippen LogP contribution in [0.15, 0.2) is 83.9 Å². The Hall–Kier alpha value is -4.02. The first kappa shape index (κ1) is 24.7. The van der Waals surface area contributed by atoms with Crippen molar-refractivity contribution in [2.45, 2.75) is 11.8 Å². The van der Waals surface area contributed by atoms with Gasteiger partial charge in [-0.05, 0) is 55.5 Å². The monoisotopic (exact) mass is 516 g/mol. The number of piperazine rings is 1. The maximum Gasteiger partial charge on any atom is 0.243 e. The first-order valence-electron chi connectivity index (χ1n) is 12.0. The summed E-state index contributed by atoms with van der Waals surface area (Å²) >= 11 is 0. The van der Waals surface area contributed by atoms with Crippen LogP contribution in [-0.2, 0) is 10.0 Å². The van der Waals surface area contributed by atoms with Gasteiger partial charge in [0.15, 0.2) is 0 Å². The number of aryl methyl sites for hydroxylation is 1. The number of rotatable bonds is 7. The summed E-state index contributed by atoms with van der Waals surface area (Å²) in [4.78, 5) is 16.2. The normalized spacial score (nSPS) is 14.4. The van der Waals surface area contributed by atoms with Crippen molar-refractivity contribution in [3.8, 4) is 17.1 Å². The Balaban J connectivity index is 1.38. The van der Waals surface area contributed by atoms with E-state index in [9.17, 15) is 8.42 Å². The van der Waals surface area contributed by atoms with Crippen molar-refractivity contribution >= 4 is 27.5 Å². The number of ether oxygens (including phenoxy) is 1. The van der Waals surface area contributed by atoms with Gasteiger partial charge in [-0.25, -0.2) is 13.4 Å². The van der Waals surface area contributed by atoms with E-state index in [0.717, 1.165) is 11.4 Å². The Morgan fingerprint density at radius 3 is 2.24 bits per heavy atom. The van der Waals surface area contributed by atoms with Gasteiger partial charge in [0.05, 0.1) is 23.4 Å². The van der Waals surface area contributed by atoms with Crippen LogP contribution in [0.4, 0.5) is 17.5 Å². The molecule has 0 amide bonds. The topological polar surface area (TPSA) is 101 Å². The maximum absolute atomic E-state index is 13.2. The number of hydrogen-bond acceptors (Lipinski definition) is 8. The predicted octanol–water partition coefficient (Wildman–Crippen LogP) is 4.11. The average molecular weight is 517 g/mol. The van der Waals surface area contributed by atoms with E-state index < -0.39 is 10.0 Å². The summed E-state index contributed by atoms with van der Waals surface area (Å²) in [5, 5.41) is 3.36. The Morgan fingerprint density at radius 1 is 0.865 bits per heavy atom. The number of nitrogens with one attached hydrogen (secondary N) is 1. The molecule has 0 aliphatic carbocycles. The highest BCUT2D eigenvalue weighted by atomic mass is 32.2. The molecular weight excluding hydrogens is 488 g/mol. The molecule has 0 unspecified atom stereocenters. The predicted molar refractivity (Wildman–Crippen MR) is 144 cm³/mol. The molecule has 1 aliphatic heterocycles. The third-order valence-electron chi connectivity index (χ3n) is 6.18. The van der Waals surface area contributed by atoms with Crippen molar-refractivity contribution in [3.05, 3.63) is 84.6 Å². The highest BCUT2D eigenvalue weighted by molar-refractivity contribution is 7.89. The van der Waals surface area contributed by atoms with Crippen LogP contribution < -0.4 is 15.0 Å². The molecule has 1 N–H and O–H groups in total. The third-order valence-corrected chi connectivity index (χ3v) is 8.10. The molecule has 1 fully saturated rings. The van der Waals surface area contributed by atoms with Crippen molar-refractivity contribution in [3.63, 3.8) is 0 Å². The minimum Gasteiger partial charge on any atom is -0.497 e. The summed E-state index contributed by atoms with van der Waals surface area (Å²) in [6.45, 7) is 3.62. The third kappa shape index (κ3) is 5.55. The fraction of sp³-hybridized carbons (Fsp3) is 0.222. The van der Waals surface area contributed by atoms with Crippen molar-refractivity contribution < 1.29 is 13.2 Å². The van der Waals surface area contributed by atoms with Crippen LogP contribution >= 0.6 is 0 Å². The maximum atomic E-state index is 13.2. The van der Waals surface area contributed by atoms with E-state index in [2.05, 4.69) is 10.3 Å². The van der Waals surface area contributed by atoms with Gasteiger partial charge in [0, 0.05) is 44.1 Å². The number of methoxy groups -OCH3 is 1. The molecule has 0 saturated carbocycles. The molecular formula is C27H28N6O3S. The summed E-state index contributed by atoms with van der Waals surface area (Å²) in [6, 6.07) is 22.1. The zero-order chi connectivity index (χ0) is 25.8. The summed E-state index contributed by atoms with van der Waals surface area (Å²) in [5.41, 5.74) is 3.51. The second-order valence-corrected chi connectivity index (χ2v) is 10.6. The van der Waals surface area contributed by atoms with E-state index in [1.165, 1.54) is 9.87 Å². The van der Waals surface area contributed by atoms with Crippen molar-refractivity contribution in [1.82, 2.24) is 19.3 Å². The number of pyridine rings is 1. The Morgan fingerprint density at radius 2 is 1.59 bits per heavy atom. The van der Waals surface area contributed by atoms with Gasteiger partial charge in [-0.2, -0.15) is 9.29 Å². The summed E-state index contributed by atoms with van der Waals surface area (Å²) in [7, 11) is -2.06. The average Bonchev–Trinajstić information content (AvgIpc) is 2.95. The van der Waals surface area contributed by atoms with E-state index >= 15 is 0 Å². The number of hydrogen-bond donors (Lipinski definition) is 1. The Bertz CT molecular complexity index is 1450. The summed E-state index contributed by atoms with van der Waals surface area (Å²) in [6.07, 6.45) is 1.73. The van der Waals surface area contributed by atoms with Gasteiger partial charge in [0.1, 0.15) is 11.6 Å². The van der Waals surface area contributed by atoms with Crippen LogP contribution in [0.2, 0.25) is 0 Å². The van der Waals surface area contributed by atoms with Crippen molar-refractivity contribution in [2.24, 2.45) is 0 Å². The van der Waals surface area contributed by atoms with Crippen LogP contribution in [-0.4, -0.2) is 61.0 Å². The molecule has 5 rings (SSSR count). The van der Waals surface area contributed by atoms with Gasteiger partial charge < -0.3 is 15.0 Å². The van der Waals surface area contributed by atoms with Crippen molar-refractivity contribution in [2.75, 3.05) is 43.5 Å². The molecule has 37 heavy (non-hydrogen) atoms. The minimum atomic E-state index is -3.61. The Kier molecular flexibility index (Phi) is 7.02. The molecule has 9 nitrogen and oxygen atoms in total. The van der Waals surface area contributed by atoms with Crippen LogP contribution in [0.3, 0.4) is 0 Å². The standard InChI is InChI=1S/C27H28N6O3S/c1-20-6-8-21(9-7-20)29-26-19-25(24-5-3-4-14-28-24)30-27(31-26)32-15-17-33(18-16-32)37(34,35)23-12-10-22(36-2)11-13-23/h3-14,19H,15-18H2,1-2H3,(H,29,30,31). The largest absolute Gasteiger partial charge is 0.497 e. The van der Waals surface area contributed by atoms with Crippen LogP contribution in [0, 0.1) is 6.92 Å². The first-order valence-corrected chi connectivity index (χ1v) is 13.4. The molecule has 1 aliphatic rings. The van der Waals surface area contributed by atoms with E-state index in [1.807, 2.05) is 60.4 Å². The molecule has 4 aromatic rings. The lowest BCUT2D eigenvalue weighted by atomic mass is 10.2. The zero-order valence-electron chi connectivity index (χ0n) is 20.7. The first-order chi connectivity index (χ1) is 17.9. The van der Waals surface area contributed by atoms with Gasteiger partial charge in [-0.3, -0.25) is 4.98 Å². The molecule has 0 atom stereocenters. The number of aromatic nitrogens is 3. The van der Waals surface area contributed by atoms with Gasteiger partial charge in [0.2, 0.25) is 16.0 Å². The molecule has 3 heterocycles. The molecule has 0 bridgehead atoms. The second-order valence-electron chi connectivity index (χ2n) is 8.71. The van der Waals surface area contributed by atoms with Gasteiger partial charge in [-0.15, -0.1) is 0 Å². The lowest BCUT2D eigenvalue weighted by Crippen LogP contribution is -2.49. The number of anilines is 3. The molecule has 0 spiro atoms. The smallest absolute Gasteiger partial charge is 0.243 e. The second kappa shape index (κ2) is 10.5. The Labute approximate surface area is 216 Å². The molecule has 10 heteroatoms. The molecule has 0 radical (unpaired) electrons. The molecule has 2 aromatic carbocycles. The molecule has 190 valence electrons. The summed E-state index contributed by atoms with van der Waals surface area (Å²) < 4.78 is 33.0. The number of sulfonamides is 1. The fourth-order valence-corrected chi connectivity index (χ4v) is 5.52. The highest BCUT2D eigenvalue weighted by Gasteiger charge is 2.29. The van der Waals surface area contributed by atoms with E-state index in [-0.39, 0.29) is 4.90 Å². The number of benzene rings is 2. The van der Waals surface area contributed by atoms with Gasteiger partial charge >= 0.3 is 0 Å². The van der Waals surface area contributed by atoms with Crippen LogP contribution in [0.1, 0.15) is 5.56 Å². The summed E-state index contributed by atoms with van der Waals surface area (Å²) in [5.74, 6) is 1.78. The fourth-order valence-electron chi connectivity index (χ4n) is 4.10. The number of nitrogens with zero attached hydrogens (tertiary/aromatic N) is 5. The highest BCUT2D eigenvalue weighted by Crippen LogP contribution is 2.26. The van der Waals surface area contributed by atoms with E-state index in [0.29, 0.717) is 49.4 Å². The molecule has 2 aromatic heterocycles.